The van der Waals surface area contributed by atoms with E-state index in [-0.39, 0.29) is 5.82 Å². The van der Waals surface area contributed by atoms with Crippen LogP contribution in [0.2, 0.25) is 0 Å². The summed E-state index contributed by atoms with van der Waals surface area (Å²) in [6.45, 7) is 6.90. The second-order valence-corrected chi connectivity index (χ2v) is 2.83. The summed E-state index contributed by atoms with van der Waals surface area (Å²) in [6.07, 6.45) is 1.62. The van der Waals surface area contributed by atoms with Gasteiger partial charge < -0.3 is 4.85 Å². The summed E-state index contributed by atoms with van der Waals surface area (Å²) in [6, 6.07) is 8.07. The van der Waals surface area contributed by atoms with E-state index in [0.717, 1.165) is 0 Å². The van der Waals surface area contributed by atoms with Crippen molar-refractivity contribution in [2.75, 3.05) is 0 Å². The first-order valence-electron chi connectivity index (χ1n) is 4.26. The summed E-state index contributed by atoms with van der Waals surface area (Å²) < 4.78 is 12.8. The molecule has 2 aromatic heterocycles. The van der Waals surface area contributed by atoms with Gasteiger partial charge in [0.2, 0.25) is 0 Å². The summed E-state index contributed by atoms with van der Waals surface area (Å²) in [7, 11) is 0. The Bertz CT molecular complexity index is 517. The zero-order chi connectivity index (χ0) is 10.7. The van der Waals surface area contributed by atoms with Crippen LogP contribution in [0.1, 0.15) is 0 Å². The highest BCUT2D eigenvalue weighted by Crippen LogP contribution is 2.26. The third-order valence-corrected chi connectivity index (χ3v) is 1.89. The molecule has 0 aromatic carbocycles. The lowest BCUT2D eigenvalue weighted by Gasteiger charge is -2.01. The maximum atomic E-state index is 12.8. The molecule has 0 fully saturated rings. The highest BCUT2D eigenvalue weighted by atomic mass is 19.1. The molecular weight excluding hydrogens is 193 g/mol. The third-order valence-electron chi connectivity index (χ3n) is 1.89. The number of nitrogens with zero attached hydrogens (tertiary/aromatic N) is 3. The van der Waals surface area contributed by atoms with Gasteiger partial charge in [-0.15, -0.1) is 0 Å². The summed E-state index contributed by atoms with van der Waals surface area (Å²) in [5.41, 5.74) is 1.17. The van der Waals surface area contributed by atoms with Gasteiger partial charge in [-0.3, -0.25) is 4.98 Å². The molecule has 0 radical (unpaired) electrons. The third kappa shape index (κ3) is 1.81. The van der Waals surface area contributed by atoms with Gasteiger partial charge in [0.15, 0.2) is 0 Å². The van der Waals surface area contributed by atoms with Crippen molar-refractivity contribution in [2.24, 2.45) is 0 Å². The van der Waals surface area contributed by atoms with Gasteiger partial charge in [-0.05, 0) is 12.1 Å². The monoisotopic (exact) mass is 199 g/mol. The lowest BCUT2D eigenvalue weighted by Crippen LogP contribution is -1.87. The molecular formula is C11H6FN3. The number of halogens is 1. The van der Waals surface area contributed by atoms with Gasteiger partial charge in [-0.2, -0.15) is 4.39 Å². The van der Waals surface area contributed by atoms with Crippen LogP contribution >= 0.6 is 0 Å². The lowest BCUT2D eigenvalue weighted by atomic mass is 10.2. The molecule has 0 saturated carbocycles. The van der Waals surface area contributed by atoms with E-state index in [1.807, 2.05) is 0 Å². The van der Waals surface area contributed by atoms with Gasteiger partial charge in [0.1, 0.15) is 0 Å². The fourth-order valence-corrected chi connectivity index (χ4v) is 1.23. The van der Waals surface area contributed by atoms with Crippen molar-refractivity contribution in [1.29, 1.82) is 0 Å². The van der Waals surface area contributed by atoms with Crippen LogP contribution in [0, 0.1) is 12.5 Å². The van der Waals surface area contributed by atoms with E-state index in [4.69, 9.17) is 6.57 Å². The van der Waals surface area contributed by atoms with Gasteiger partial charge >= 0.3 is 5.95 Å². The molecule has 4 heteroatoms. The van der Waals surface area contributed by atoms with E-state index in [1.165, 1.54) is 12.1 Å². The predicted molar refractivity (Wildman–Crippen MR) is 53.7 cm³/mol. The zero-order valence-corrected chi connectivity index (χ0v) is 7.68. The molecule has 0 saturated heterocycles. The Morgan fingerprint density at radius 1 is 1.20 bits per heavy atom. The average Bonchev–Trinajstić information content (AvgIpc) is 2.30. The van der Waals surface area contributed by atoms with Crippen molar-refractivity contribution >= 4 is 5.82 Å². The molecule has 15 heavy (non-hydrogen) atoms. The number of pyridine rings is 2. The molecule has 2 rings (SSSR count). The van der Waals surface area contributed by atoms with Crippen molar-refractivity contribution in [1.82, 2.24) is 9.97 Å². The van der Waals surface area contributed by atoms with Gasteiger partial charge in [0.05, 0.1) is 5.69 Å². The van der Waals surface area contributed by atoms with Gasteiger partial charge in [-0.1, -0.05) is 23.7 Å². The molecule has 0 N–H and O–H groups in total. The quantitative estimate of drug-likeness (QED) is 0.522. The molecule has 2 aromatic rings. The molecule has 72 valence electrons. The molecule has 0 aliphatic heterocycles. The highest BCUT2D eigenvalue weighted by Gasteiger charge is 2.09. The maximum Gasteiger partial charge on any atom is 0.302 e. The zero-order valence-electron chi connectivity index (χ0n) is 7.68. The second-order valence-electron chi connectivity index (χ2n) is 2.83. The molecule has 0 unspecified atom stereocenters. The molecule has 2 heterocycles. The van der Waals surface area contributed by atoms with E-state index in [9.17, 15) is 4.39 Å². The van der Waals surface area contributed by atoms with Gasteiger partial charge in [-0.25, -0.2) is 0 Å². The van der Waals surface area contributed by atoms with Crippen LogP contribution in [0.25, 0.3) is 16.1 Å². The summed E-state index contributed by atoms with van der Waals surface area (Å²) in [5, 5.41) is 0. The van der Waals surface area contributed by atoms with Crippen LogP contribution in [0.5, 0.6) is 0 Å². The number of hydrogen-bond acceptors (Lipinski definition) is 2. The summed E-state index contributed by atoms with van der Waals surface area (Å²) in [4.78, 5) is 10.8. The predicted octanol–water partition coefficient (Wildman–Crippen LogP) is 2.83. The van der Waals surface area contributed by atoms with Crippen LogP contribution in [0.3, 0.4) is 0 Å². The second kappa shape index (κ2) is 3.84. The van der Waals surface area contributed by atoms with Crippen LogP contribution < -0.4 is 0 Å². The highest BCUT2D eigenvalue weighted by molar-refractivity contribution is 5.72. The lowest BCUT2D eigenvalue weighted by molar-refractivity contribution is 0.586. The van der Waals surface area contributed by atoms with Crippen LogP contribution in [-0.2, 0) is 0 Å². The Morgan fingerprint density at radius 3 is 2.73 bits per heavy atom. The Balaban J connectivity index is 2.60. The van der Waals surface area contributed by atoms with Crippen molar-refractivity contribution in [3.63, 3.8) is 0 Å². The van der Waals surface area contributed by atoms with E-state index in [2.05, 4.69) is 14.8 Å². The SMILES string of the molecule is [C-]#[N+]c1nc(F)ccc1-c1ccccn1. The first-order valence-corrected chi connectivity index (χ1v) is 4.26. The van der Waals surface area contributed by atoms with E-state index < -0.39 is 5.95 Å². The fourth-order valence-electron chi connectivity index (χ4n) is 1.23. The Hall–Kier alpha value is -2.28. The van der Waals surface area contributed by atoms with E-state index in [1.54, 1.807) is 24.4 Å². The van der Waals surface area contributed by atoms with Crippen molar-refractivity contribution < 1.29 is 4.39 Å². The summed E-state index contributed by atoms with van der Waals surface area (Å²) in [5.74, 6) is -0.616. The summed E-state index contributed by atoms with van der Waals surface area (Å²) >= 11 is 0. The molecule has 0 spiro atoms. The normalized spacial score (nSPS) is 9.60. The Morgan fingerprint density at radius 2 is 2.07 bits per heavy atom. The Kier molecular flexibility index (Phi) is 2.38. The van der Waals surface area contributed by atoms with Crippen LogP contribution in [-0.4, -0.2) is 9.97 Å². The largest absolute Gasteiger partial charge is 0.360 e. The van der Waals surface area contributed by atoms with Crippen LogP contribution in [0.4, 0.5) is 10.2 Å². The van der Waals surface area contributed by atoms with E-state index in [0.29, 0.717) is 11.3 Å². The molecule has 0 amide bonds. The minimum Gasteiger partial charge on any atom is -0.360 e. The fraction of sp³-hybridized carbons (Fsp3) is 0. The van der Waals surface area contributed by atoms with Crippen molar-refractivity contribution in [3.8, 4) is 11.3 Å². The van der Waals surface area contributed by atoms with Crippen molar-refractivity contribution in [3.05, 3.63) is 53.9 Å². The minimum atomic E-state index is -0.652. The smallest absolute Gasteiger partial charge is 0.302 e. The minimum absolute atomic E-state index is 0.0358. The molecule has 0 bridgehead atoms. The molecule has 0 aliphatic carbocycles. The Labute approximate surface area is 86.1 Å². The van der Waals surface area contributed by atoms with Crippen molar-refractivity contribution in [2.45, 2.75) is 0 Å². The topological polar surface area (TPSA) is 30.1 Å². The maximum absolute atomic E-state index is 12.8. The molecule has 0 atom stereocenters. The number of aromatic nitrogens is 2. The van der Waals surface area contributed by atoms with Crippen LogP contribution in [0.15, 0.2) is 36.5 Å². The number of rotatable bonds is 1. The van der Waals surface area contributed by atoms with Gasteiger partial charge in [0, 0.05) is 17.8 Å². The first kappa shape index (κ1) is 9.28. The average molecular weight is 199 g/mol. The molecule has 0 aliphatic rings. The molecule has 3 nitrogen and oxygen atoms in total. The van der Waals surface area contributed by atoms with E-state index >= 15 is 0 Å². The van der Waals surface area contributed by atoms with Gasteiger partial charge in [0.25, 0.3) is 5.82 Å². The number of hydrogen-bond donors (Lipinski definition) is 0. The standard InChI is InChI=1S/C11H6FN3/c1-13-11-8(5-6-10(12)15-11)9-4-2-3-7-14-9/h2-7H. The first-order chi connectivity index (χ1) is 7.31.